The SMILES string of the molecule is Nc1cccc(NC(=O)NCCc2ccccc2F)c1. The zero-order chi connectivity index (χ0) is 14.4. The van der Waals surface area contributed by atoms with E-state index in [1.807, 2.05) is 0 Å². The fraction of sp³-hybridized carbons (Fsp3) is 0.133. The van der Waals surface area contributed by atoms with E-state index >= 15 is 0 Å². The van der Waals surface area contributed by atoms with Gasteiger partial charge in [-0.2, -0.15) is 0 Å². The molecule has 0 fully saturated rings. The number of carbonyl (C=O) groups excluding carboxylic acids is 1. The Morgan fingerprint density at radius 2 is 1.95 bits per heavy atom. The minimum absolute atomic E-state index is 0.259. The van der Waals surface area contributed by atoms with Gasteiger partial charge in [0.1, 0.15) is 5.82 Å². The van der Waals surface area contributed by atoms with Gasteiger partial charge in [0.15, 0.2) is 0 Å². The van der Waals surface area contributed by atoms with Gasteiger partial charge in [-0.1, -0.05) is 24.3 Å². The topological polar surface area (TPSA) is 67.1 Å². The van der Waals surface area contributed by atoms with E-state index in [4.69, 9.17) is 5.73 Å². The molecule has 0 unspecified atom stereocenters. The molecule has 2 aromatic carbocycles. The Hall–Kier alpha value is -2.56. The third kappa shape index (κ3) is 3.98. The quantitative estimate of drug-likeness (QED) is 0.750. The molecule has 0 aliphatic carbocycles. The molecule has 5 heteroatoms. The van der Waals surface area contributed by atoms with Crippen LogP contribution in [-0.4, -0.2) is 12.6 Å². The second-order valence-electron chi connectivity index (χ2n) is 4.35. The van der Waals surface area contributed by atoms with Crippen LogP contribution in [0.15, 0.2) is 48.5 Å². The predicted octanol–water partition coefficient (Wildman–Crippen LogP) is 2.77. The highest BCUT2D eigenvalue weighted by Gasteiger charge is 2.03. The zero-order valence-corrected chi connectivity index (χ0v) is 10.9. The Bertz CT molecular complexity index is 601. The number of hydrogen-bond acceptors (Lipinski definition) is 2. The maximum absolute atomic E-state index is 13.4. The van der Waals surface area contributed by atoms with E-state index in [-0.39, 0.29) is 11.8 Å². The number of nitrogens with two attached hydrogens (primary N) is 1. The predicted molar refractivity (Wildman–Crippen MR) is 78.0 cm³/mol. The number of nitrogens with one attached hydrogen (secondary N) is 2. The van der Waals surface area contributed by atoms with Crippen LogP contribution in [0.4, 0.5) is 20.6 Å². The molecule has 0 saturated heterocycles. The summed E-state index contributed by atoms with van der Waals surface area (Å²) in [6.07, 6.45) is 0.441. The summed E-state index contributed by atoms with van der Waals surface area (Å²) in [5, 5.41) is 5.33. The first-order valence-corrected chi connectivity index (χ1v) is 6.29. The van der Waals surface area contributed by atoms with Crippen molar-refractivity contribution in [2.75, 3.05) is 17.6 Å². The van der Waals surface area contributed by atoms with E-state index in [1.54, 1.807) is 42.5 Å². The number of halogens is 1. The Labute approximate surface area is 116 Å². The standard InChI is InChI=1S/C15H16FN3O/c16-14-7-2-1-4-11(14)8-9-18-15(20)19-13-6-3-5-12(17)10-13/h1-7,10H,8-9,17H2,(H2,18,19,20). The van der Waals surface area contributed by atoms with E-state index in [0.29, 0.717) is 29.9 Å². The molecule has 4 N–H and O–H groups in total. The fourth-order valence-electron chi connectivity index (χ4n) is 1.80. The molecule has 4 nitrogen and oxygen atoms in total. The summed E-state index contributed by atoms with van der Waals surface area (Å²) < 4.78 is 13.4. The van der Waals surface area contributed by atoms with Crippen molar-refractivity contribution in [2.24, 2.45) is 0 Å². The Morgan fingerprint density at radius 1 is 1.15 bits per heavy atom. The molecule has 2 rings (SSSR count). The number of anilines is 2. The lowest BCUT2D eigenvalue weighted by atomic mass is 10.1. The van der Waals surface area contributed by atoms with Crippen LogP contribution in [-0.2, 0) is 6.42 Å². The first kappa shape index (κ1) is 13.9. The third-order valence-electron chi connectivity index (χ3n) is 2.78. The molecule has 0 radical (unpaired) electrons. The molecule has 0 saturated carbocycles. The monoisotopic (exact) mass is 273 g/mol. The van der Waals surface area contributed by atoms with Crippen LogP contribution in [0.5, 0.6) is 0 Å². The molecular weight excluding hydrogens is 257 g/mol. The van der Waals surface area contributed by atoms with Crippen LogP contribution in [0.25, 0.3) is 0 Å². The summed E-state index contributed by atoms with van der Waals surface area (Å²) in [4.78, 5) is 11.6. The first-order valence-electron chi connectivity index (χ1n) is 6.29. The van der Waals surface area contributed by atoms with Gasteiger partial charge in [0.2, 0.25) is 0 Å². The second-order valence-corrected chi connectivity index (χ2v) is 4.35. The molecule has 0 spiro atoms. The van der Waals surface area contributed by atoms with Crippen molar-refractivity contribution in [2.45, 2.75) is 6.42 Å². The number of hydrogen-bond donors (Lipinski definition) is 3. The Kier molecular flexibility index (Phi) is 4.55. The van der Waals surface area contributed by atoms with Crippen molar-refractivity contribution in [3.63, 3.8) is 0 Å². The van der Waals surface area contributed by atoms with E-state index in [9.17, 15) is 9.18 Å². The van der Waals surface area contributed by atoms with E-state index < -0.39 is 0 Å². The highest BCUT2D eigenvalue weighted by atomic mass is 19.1. The van der Waals surface area contributed by atoms with Crippen molar-refractivity contribution in [3.05, 3.63) is 59.9 Å². The Morgan fingerprint density at radius 3 is 2.70 bits per heavy atom. The third-order valence-corrected chi connectivity index (χ3v) is 2.78. The van der Waals surface area contributed by atoms with Crippen molar-refractivity contribution in [1.82, 2.24) is 5.32 Å². The summed E-state index contributed by atoms with van der Waals surface area (Å²) in [5.74, 6) is -0.259. The molecule has 2 aromatic rings. The maximum Gasteiger partial charge on any atom is 0.319 e. The van der Waals surface area contributed by atoms with Crippen molar-refractivity contribution < 1.29 is 9.18 Å². The van der Waals surface area contributed by atoms with Crippen LogP contribution in [0.1, 0.15) is 5.56 Å². The number of benzene rings is 2. The lowest BCUT2D eigenvalue weighted by molar-refractivity contribution is 0.252. The average Bonchev–Trinajstić information content (AvgIpc) is 2.41. The Balaban J connectivity index is 1.80. The summed E-state index contributed by atoms with van der Waals surface area (Å²) in [5.41, 5.74) is 7.39. The number of amides is 2. The van der Waals surface area contributed by atoms with Crippen LogP contribution in [0.3, 0.4) is 0 Å². The number of carbonyl (C=O) groups is 1. The molecule has 104 valence electrons. The number of nitrogen functional groups attached to an aromatic ring is 1. The minimum atomic E-state index is -0.341. The molecule has 0 bridgehead atoms. The average molecular weight is 273 g/mol. The van der Waals surface area contributed by atoms with Gasteiger partial charge in [-0.15, -0.1) is 0 Å². The van der Waals surface area contributed by atoms with E-state index in [0.717, 1.165) is 0 Å². The molecular formula is C15H16FN3O. The van der Waals surface area contributed by atoms with Gasteiger partial charge in [-0.25, -0.2) is 9.18 Å². The van der Waals surface area contributed by atoms with Crippen molar-refractivity contribution >= 4 is 17.4 Å². The van der Waals surface area contributed by atoms with Gasteiger partial charge >= 0.3 is 6.03 Å². The van der Waals surface area contributed by atoms with Crippen LogP contribution < -0.4 is 16.4 Å². The molecule has 0 aromatic heterocycles. The molecule has 20 heavy (non-hydrogen) atoms. The molecule has 2 amide bonds. The van der Waals surface area contributed by atoms with Crippen LogP contribution in [0.2, 0.25) is 0 Å². The summed E-state index contributed by atoms with van der Waals surface area (Å²) in [7, 11) is 0. The summed E-state index contributed by atoms with van der Waals surface area (Å²) >= 11 is 0. The van der Waals surface area contributed by atoms with Gasteiger partial charge in [-0.05, 0) is 36.2 Å². The van der Waals surface area contributed by atoms with E-state index in [1.165, 1.54) is 6.07 Å². The largest absolute Gasteiger partial charge is 0.399 e. The normalized spacial score (nSPS) is 10.1. The molecule has 0 heterocycles. The fourth-order valence-corrected chi connectivity index (χ4v) is 1.80. The van der Waals surface area contributed by atoms with Gasteiger partial charge in [0.25, 0.3) is 0 Å². The second kappa shape index (κ2) is 6.56. The molecule has 0 atom stereocenters. The van der Waals surface area contributed by atoms with Gasteiger partial charge in [0, 0.05) is 17.9 Å². The lowest BCUT2D eigenvalue weighted by Crippen LogP contribution is -2.30. The highest BCUT2D eigenvalue weighted by molar-refractivity contribution is 5.89. The van der Waals surface area contributed by atoms with Gasteiger partial charge in [0.05, 0.1) is 0 Å². The summed E-state index contributed by atoms with van der Waals surface area (Å²) in [6, 6.07) is 13.1. The number of urea groups is 1. The van der Waals surface area contributed by atoms with Gasteiger partial charge < -0.3 is 16.4 Å². The maximum atomic E-state index is 13.4. The van der Waals surface area contributed by atoms with Crippen molar-refractivity contribution in [3.8, 4) is 0 Å². The van der Waals surface area contributed by atoms with E-state index in [2.05, 4.69) is 10.6 Å². The van der Waals surface area contributed by atoms with Crippen LogP contribution in [0, 0.1) is 5.82 Å². The smallest absolute Gasteiger partial charge is 0.319 e. The first-order chi connectivity index (χ1) is 9.65. The zero-order valence-electron chi connectivity index (χ0n) is 10.9. The number of rotatable bonds is 4. The van der Waals surface area contributed by atoms with Crippen LogP contribution >= 0.6 is 0 Å². The molecule has 0 aliphatic rings. The summed E-state index contributed by atoms with van der Waals surface area (Å²) in [6.45, 7) is 0.356. The minimum Gasteiger partial charge on any atom is -0.399 e. The van der Waals surface area contributed by atoms with Gasteiger partial charge in [-0.3, -0.25) is 0 Å². The van der Waals surface area contributed by atoms with Crippen molar-refractivity contribution in [1.29, 1.82) is 0 Å². The highest BCUT2D eigenvalue weighted by Crippen LogP contribution is 2.11. The lowest BCUT2D eigenvalue weighted by Gasteiger charge is -2.08. The molecule has 0 aliphatic heterocycles.